The van der Waals surface area contributed by atoms with E-state index >= 15 is 0 Å². The molecule has 0 radical (unpaired) electrons. The summed E-state index contributed by atoms with van der Waals surface area (Å²) in [6.45, 7) is 1.19. The fourth-order valence-corrected chi connectivity index (χ4v) is 7.79. The highest BCUT2D eigenvalue weighted by Gasteiger charge is 2.18. The first-order chi connectivity index (χ1) is 32.4. The van der Waals surface area contributed by atoms with Crippen molar-refractivity contribution in [2.24, 2.45) is 0 Å². The Hall–Kier alpha value is -5.34. The Morgan fingerprint density at radius 2 is 1.03 bits per heavy atom. The first-order valence-corrected chi connectivity index (χ1v) is 24.8. The van der Waals surface area contributed by atoms with Gasteiger partial charge in [-0.2, -0.15) is 0 Å². The molecule has 1 aromatic heterocycles. The number of benzene rings is 2. The smallest absolute Gasteiger partial charge is 0.329 e. The number of aromatic nitrogens is 2. The molecule has 3 rings (SSSR count). The van der Waals surface area contributed by atoms with Crippen molar-refractivity contribution in [3.8, 4) is 11.5 Å². The van der Waals surface area contributed by atoms with Gasteiger partial charge in [0.1, 0.15) is 36.3 Å². The number of rotatable bonds is 40. The summed E-state index contributed by atoms with van der Waals surface area (Å²) in [4.78, 5) is 65.8. The number of carboxylic acid groups (broad SMARTS) is 2. The van der Waals surface area contributed by atoms with Crippen LogP contribution in [-0.4, -0.2) is 124 Å². The third-order valence-electron chi connectivity index (χ3n) is 10.2. The molecule has 0 atom stereocenters. The van der Waals surface area contributed by atoms with Crippen molar-refractivity contribution in [3.05, 3.63) is 77.9 Å². The van der Waals surface area contributed by atoms with E-state index in [0.717, 1.165) is 32.1 Å². The lowest BCUT2D eigenvalue weighted by atomic mass is 10.0. The third kappa shape index (κ3) is 27.2. The summed E-state index contributed by atoms with van der Waals surface area (Å²) in [6.07, 6.45) is 17.0. The molecule has 2 aromatic carbocycles. The zero-order chi connectivity index (χ0) is 48.4. The van der Waals surface area contributed by atoms with Gasteiger partial charge in [-0.3, -0.25) is 19.2 Å². The van der Waals surface area contributed by atoms with Crippen molar-refractivity contribution in [1.29, 1.82) is 0 Å². The van der Waals surface area contributed by atoms with Crippen LogP contribution >= 0.6 is 0 Å². The first-order valence-electron chi connectivity index (χ1n) is 23.1. The van der Waals surface area contributed by atoms with E-state index in [-0.39, 0.29) is 112 Å². The third-order valence-corrected chi connectivity index (χ3v) is 11.8. The molecule has 0 aliphatic heterocycles. The molecule has 0 bridgehead atoms. The highest BCUT2D eigenvalue weighted by Crippen LogP contribution is 2.25. The van der Waals surface area contributed by atoms with Crippen LogP contribution in [0.2, 0.25) is 0 Å². The second-order valence-corrected chi connectivity index (χ2v) is 17.8. The number of hydrogen-bond donors (Lipinski definition) is 4. The molecule has 0 saturated heterocycles. The quantitative estimate of drug-likeness (QED) is 0.0361. The minimum atomic E-state index is -3.79. The van der Waals surface area contributed by atoms with E-state index in [4.69, 9.17) is 33.9 Å². The number of ether oxygens (including phenoxy) is 5. The molecule has 19 heteroatoms. The molecular weight excluding hydrogens is 889 g/mol. The maximum Gasteiger partial charge on any atom is 0.329 e. The Balaban J connectivity index is 1.21. The number of aryl methyl sites for hydroxylation is 1. The van der Waals surface area contributed by atoms with Crippen LogP contribution in [0.15, 0.2) is 65.8 Å². The zero-order valence-corrected chi connectivity index (χ0v) is 39.3. The number of carbonyl (C=O) groups excluding carboxylic acids is 3. The van der Waals surface area contributed by atoms with E-state index in [2.05, 4.69) is 32.7 Å². The Morgan fingerprint density at radius 3 is 1.60 bits per heavy atom. The number of Topliss-reactive ketones (excluding diaryl/α,β-unsaturated/α-hetero) is 1. The molecule has 4 N–H and O–H groups in total. The minimum absolute atomic E-state index is 0.0448. The van der Waals surface area contributed by atoms with Crippen molar-refractivity contribution >= 4 is 39.4 Å². The van der Waals surface area contributed by atoms with Crippen LogP contribution in [0, 0.1) is 0 Å². The van der Waals surface area contributed by atoms with E-state index < -0.39 is 34.1 Å². The van der Waals surface area contributed by atoms with Gasteiger partial charge in [0, 0.05) is 44.7 Å². The molecule has 0 saturated carbocycles. The molecule has 3 aromatic rings. The van der Waals surface area contributed by atoms with Crippen LogP contribution in [-0.2, 0) is 60.1 Å². The van der Waals surface area contributed by atoms with E-state index in [1.54, 1.807) is 12.1 Å². The van der Waals surface area contributed by atoms with Crippen LogP contribution in [0.5, 0.6) is 11.5 Å². The summed E-state index contributed by atoms with van der Waals surface area (Å²) in [5, 5.41) is 22.5. The lowest BCUT2D eigenvalue weighted by Crippen LogP contribution is -2.31. The Labute approximate surface area is 393 Å². The van der Waals surface area contributed by atoms with Gasteiger partial charge in [-0.1, -0.05) is 69.9 Å². The average molecular weight is 957 g/mol. The van der Waals surface area contributed by atoms with Crippen molar-refractivity contribution < 1.29 is 66.3 Å². The summed E-state index contributed by atoms with van der Waals surface area (Å²) in [7, 11) is -3.79. The van der Waals surface area contributed by atoms with Gasteiger partial charge in [-0.25, -0.2) is 23.2 Å². The maximum atomic E-state index is 13.1. The summed E-state index contributed by atoms with van der Waals surface area (Å²) >= 11 is 0. The number of carboxylic acids is 2. The van der Waals surface area contributed by atoms with Crippen molar-refractivity contribution in [2.75, 3.05) is 65.9 Å². The van der Waals surface area contributed by atoms with Crippen LogP contribution in [0.25, 0.3) is 0 Å². The van der Waals surface area contributed by atoms with Gasteiger partial charge in [-0.15, -0.1) is 0 Å². The maximum absolute atomic E-state index is 13.1. The largest absolute Gasteiger partial charge is 0.481 e. The molecule has 0 fully saturated rings. The second-order valence-electron chi connectivity index (χ2n) is 15.8. The number of aliphatic carboxylic acids is 2. The molecule has 0 unspecified atom stereocenters. The van der Waals surface area contributed by atoms with E-state index in [9.17, 15) is 32.4 Å². The molecule has 18 nitrogen and oxygen atoms in total. The zero-order valence-electron chi connectivity index (χ0n) is 38.5. The highest BCUT2D eigenvalue weighted by molar-refractivity contribution is 7.90. The lowest BCUT2D eigenvalue weighted by molar-refractivity contribution is -0.143. The van der Waals surface area contributed by atoms with Gasteiger partial charge in [0.25, 0.3) is 0 Å². The number of amides is 2. The topological polar surface area (TPSA) is 256 Å². The Kier molecular flexibility index (Phi) is 28.4. The van der Waals surface area contributed by atoms with Gasteiger partial charge in [0.2, 0.25) is 11.8 Å². The number of ketones is 1. The average Bonchev–Trinajstić information content (AvgIpc) is 3.30. The van der Waals surface area contributed by atoms with Gasteiger partial charge < -0.3 is 44.5 Å². The molecule has 370 valence electrons. The number of nitrogens with zero attached hydrogens (tertiary/aromatic N) is 2. The van der Waals surface area contributed by atoms with Gasteiger partial charge in [0.15, 0.2) is 15.6 Å². The fourth-order valence-electron chi connectivity index (χ4n) is 6.58. The van der Waals surface area contributed by atoms with Gasteiger partial charge in [-0.05, 0) is 67.6 Å². The molecular formula is C48H68N4O14S. The number of sulfone groups is 1. The van der Waals surface area contributed by atoms with Gasteiger partial charge >= 0.3 is 11.9 Å². The minimum Gasteiger partial charge on any atom is -0.481 e. The highest BCUT2D eigenvalue weighted by atomic mass is 32.2. The second kappa shape index (κ2) is 34.0. The summed E-state index contributed by atoms with van der Waals surface area (Å²) < 4.78 is 52.9. The monoisotopic (exact) mass is 956 g/mol. The number of hydrogen-bond acceptors (Lipinski definition) is 14. The van der Waals surface area contributed by atoms with Crippen LogP contribution in [0.1, 0.15) is 118 Å². The Bertz CT molecular complexity index is 2000. The lowest BCUT2D eigenvalue weighted by Gasteiger charge is -2.09. The number of unbranched alkanes of at least 4 members (excludes halogenated alkanes) is 10. The van der Waals surface area contributed by atoms with Crippen molar-refractivity contribution in [2.45, 2.75) is 113 Å². The standard InChI is InChI=1S/C48H68N4O14S/c53-43(14-12-15-45(54)49-25-27-62-29-31-64-35-46(55)50-26-28-63-30-32-65-36-48(58)59)39-33-51-44(52-34-39)37-67(60,61)42-23-21-41(22-24-42)66-40-19-17-38(18-20-40)13-10-8-6-4-2-1-3-5-7-9-11-16-47(56)57/h17-24,33-34H,1-16,25-32,35-37H2,(H,49,54)(H,50,55)(H,56,57)(H,58,59). The predicted octanol–water partition coefficient (Wildman–Crippen LogP) is 6.29. The number of carbonyl (C=O) groups is 5. The molecule has 2 amide bonds. The number of nitrogens with one attached hydrogen (secondary N) is 2. The normalized spacial score (nSPS) is 11.3. The van der Waals surface area contributed by atoms with Crippen molar-refractivity contribution in [3.63, 3.8) is 0 Å². The Morgan fingerprint density at radius 1 is 0.522 bits per heavy atom. The molecule has 67 heavy (non-hydrogen) atoms. The molecule has 1 heterocycles. The summed E-state index contributed by atoms with van der Waals surface area (Å²) in [5.41, 5.74) is 1.45. The van der Waals surface area contributed by atoms with Crippen LogP contribution < -0.4 is 15.4 Å². The SMILES string of the molecule is O=C(O)CCCCCCCCCCCCCc1ccc(Oc2ccc(S(=O)(=O)Cc3ncc(C(=O)CCCC(=O)NCCOCCOCC(=O)NCCOCCOCC(=O)O)cn3)cc2)cc1. The van der Waals surface area contributed by atoms with E-state index in [1.165, 1.54) is 75.0 Å². The summed E-state index contributed by atoms with van der Waals surface area (Å²) in [5.74, 6) is -1.87. The van der Waals surface area contributed by atoms with E-state index in [0.29, 0.717) is 17.9 Å². The molecule has 0 aliphatic rings. The van der Waals surface area contributed by atoms with Gasteiger partial charge in [0.05, 0.1) is 50.1 Å². The predicted molar refractivity (Wildman–Crippen MR) is 248 cm³/mol. The molecule has 0 aliphatic carbocycles. The fraction of sp³-hybridized carbons (Fsp3) is 0.562. The van der Waals surface area contributed by atoms with Crippen molar-refractivity contribution in [1.82, 2.24) is 20.6 Å². The molecule has 0 spiro atoms. The summed E-state index contributed by atoms with van der Waals surface area (Å²) in [6, 6.07) is 14.1. The van der Waals surface area contributed by atoms with Crippen LogP contribution in [0.4, 0.5) is 0 Å². The van der Waals surface area contributed by atoms with Crippen LogP contribution in [0.3, 0.4) is 0 Å². The first kappa shape index (κ1) is 56.0. The van der Waals surface area contributed by atoms with E-state index in [1.807, 2.05) is 12.1 Å².